The molecule has 0 saturated carbocycles. The van der Waals surface area contributed by atoms with E-state index in [2.05, 4.69) is 11.3 Å². The highest BCUT2D eigenvalue weighted by atomic mass is 16.6. The Morgan fingerprint density at radius 3 is 2.12 bits per heavy atom. The molecule has 0 heterocycles. The van der Waals surface area contributed by atoms with Crippen molar-refractivity contribution < 1.29 is 28.6 Å². The standard InChI is InChI=1S/C18H22O6/c1-13(7-5-4-6-8-17(20)23-14(2)19)18(21)24-16-11-9-15(22-3)10-12-16/h9-12H,1,4-8H2,2-3H3. The Hall–Kier alpha value is -2.63. The first-order valence-electron chi connectivity index (χ1n) is 7.67. The van der Waals surface area contributed by atoms with E-state index in [1.54, 1.807) is 31.4 Å². The summed E-state index contributed by atoms with van der Waals surface area (Å²) in [5.74, 6) is -0.503. The molecule has 24 heavy (non-hydrogen) atoms. The van der Waals surface area contributed by atoms with Gasteiger partial charge in [-0.15, -0.1) is 0 Å². The largest absolute Gasteiger partial charge is 0.497 e. The van der Waals surface area contributed by atoms with Crippen LogP contribution in [0, 0.1) is 0 Å². The number of carbonyl (C=O) groups excluding carboxylic acids is 3. The Kier molecular flexibility index (Phi) is 8.25. The lowest BCUT2D eigenvalue weighted by molar-refractivity contribution is -0.158. The number of carbonyl (C=O) groups is 3. The fourth-order valence-corrected chi connectivity index (χ4v) is 1.92. The van der Waals surface area contributed by atoms with Crippen molar-refractivity contribution in [3.63, 3.8) is 0 Å². The van der Waals surface area contributed by atoms with E-state index in [4.69, 9.17) is 9.47 Å². The summed E-state index contributed by atoms with van der Waals surface area (Å²) in [6.45, 7) is 4.91. The average molecular weight is 334 g/mol. The Morgan fingerprint density at radius 2 is 1.54 bits per heavy atom. The zero-order valence-corrected chi connectivity index (χ0v) is 14.0. The Bertz CT molecular complexity index is 588. The van der Waals surface area contributed by atoms with E-state index in [1.165, 1.54) is 6.92 Å². The predicted octanol–water partition coefficient (Wildman–Crippen LogP) is 3.20. The normalized spacial score (nSPS) is 9.92. The van der Waals surface area contributed by atoms with E-state index >= 15 is 0 Å². The van der Waals surface area contributed by atoms with Crippen LogP contribution < -0.4 is 9.47 Å². The van der Waals surface area contributed by atoms with Crippen LogP contribution in [0.5, 0.6) is 11.5 Å². The number of rotatable bonds is 9. The number of unbranched alkanes of at least 4 members (excludes halogenated alkanes) is 2. The monoisotopic (exact) mass is 334 g/mol. The summed E-state index contributed by atoms with van der Waals surface area (Å²) in [5.41, 5.74) is 0.372. The first kappa shape index (κ1) is 19.4. The van der Waals surface area contributed by atoms with Crippen molar-refractivity contribution in [3.8, 4) is 11.5 Å². The molecule has 0 atom stereocenters. The van der Waals surface area contributed by atoms with Crippen LogP contribution in [0.3, 0.4) is 0 Å². The molecule has 0 aliphatic carbocycles. The van der Waals surface area contributed by atoms with Crippen LogP contribution in [0.1, 0.15) is 39.0 Å². The second-order valence-electron chi connectivity index (χ2n) is 5.19. The molecule has 0 aliphatic heterocycles. The van der Waals surface area contributed by atoms with Gasteiger partial charge in [0, 0.05) is 18.9 Å². The molecule has 1 aromatic rings. The summed E-state index contributed by atoms with van der Waals surface area (Å²) < 4.78 is 14.7. The van der Waals surface area contributed by atoms with Crippen LogP contribution in [0.4, 0.5) is 0 Å². The van der Waals surface area contributed by atoms with Gasteiger partial charge in [0.15, 0.2) is 0 Å². The van der Waals surface area contributed by atoms with E-state index in [1.807, 2.05) is 0 Å². The maximum atomic E-state index is 11.9. The van der Waals surface area contributed by atoms with E-state index < -0.39 is 17.9 Å². The predicted molar refractivity (Wildman–Crippen MR) is 87.6 cm³/mol. The molecule has 0 spiro atoms. The zero-order valence-electron chi connectivity index (χ0n) is 14.0. The minimum Gasteiger partial charge on any atom is -0.497 e. The molecule has 0 N–H and O–H groups in total. The third-order valence-corrected chi connectivity index (χ3v) is 3.18. The second kappa shape index (κ2) is 10.2. The van der Waals surface area contributed by atoms with Gasteiger partial charge < -0.3 is 14.2 Å². The van der Waals surface area contributed by atoms with Gasteiger partial charge in [-0.25, -0.2) is 4.79 Å². The van der Waals surface area contributed by atoms with Crippen LogP contribution >= 0.6 is 0 Å². The molecule has 130 valence electrons. The first-order chi connectivity index (χ1) is 11.4. The fourth-order valence-electron chi connectivity index (χ4n) is 1.92. The number of methoxy groups -OCH3 is 1. The third-order valence-electron chi connectivity index (χ3n) is 3.18. The fraction of sp³-hybridized carbons (Fsp3) is 0.389. The van der Waals surface area contributed by atoms with E-state index in [0.717, 1.165) is 6.42 Å². The number of benzene rings is 1. The lowest BCUT2D eigenvalue weighted by atomic mass is 10.1. The topological polar surface area (TPSA) is 78.9 Å². The van der Waals surface area contributed by atoms with Gasteiger partial charge in [-0.2, -0.15) is 0 Å². The molecule has 0 aromatic heterocycles. The molecule has 6 nitrogen and oxygen atoms in total. The molecule has 0 unspecified atom stereocenters. The van der Waals surface area contributed by atoms with Crippen LogP contribution in [0.25, 0.3) is 0 Å². The van der Waals surface area contributed by atoms with Crippen LogP contribution in [0.15, 0.2) is 36.4 Å². The van der Waals surface area contributed by atoms with Crippen molar-refractivity contribution in [2.45, 2.75) is 39.0 Å². The molecule has 1 aromatic carbocycles. The average Bonchev–Trinajstić information content (AvgIpc) is 2.54. The van der Waals surface area contributed by atoms with Gasteiger partial charge in [-0.1, -0.05) is 13.0 Å². The number of hydrogen-bond donors (Lipinski definition) is 0. The highest BCUT2D eigenvalue weighted by Gasteiger charge is 2.10. The van der Waals surface area contributed by atoms with Gasteiger partial charge in [0.05, 0.1) is 7.11 Å². The Balaban J connectivity index is 2.23. The quantitative estimate of drug-likeness (QED) is 0.227. The van der Waals surface area contributed by atoms with Crippen LogP contribution in [0.2, 0.25) is 0 Å². The first-order valence-corrected chi connectivity index (χ1v) is 7.67. The summed E-state index contributed by atoms with van der Waals surface area (Å²) in [7, 11) is 1.56. The van der Waals surface area contributed by atoms with Crippen LogP contribution in [-0.2, 0) is 19.1 Å². The number of esters is 3. The highest BCUT2D eigenvalue weighted by Crippen LogP contribution is 2.19. The minimum absolute atomic E-state index is 0.183. The van der Waals surface area contributed by atoms with Gasteiger partial charge in [0.1, 0.15) is 11.5 Å². The van der Waals surface area contributed by atoms with Crippen LogP contribution in [-0.4, -0.2) is 25.0 Å². The molecule has 1 rings (SSSR count). The van der Waals surface area contributed by atoms with E-state index in [0.29, 0.717) is 36.3 Å². The number of ether oxygens (including phenoxy) is 3. The molecular weight excluding hydrogens is 312 g/mol. The molecule has 0 bridgehead atoms. The van der Waals surface area contributed by atoms with Crippen molar-refractivity contribution in [2.75, 3.05) is 7.11 Å². The van der Waals surface area contributed by atoms with E-state index in [-0.39, 0.29) is 6.42 Å². The van der Waals surface area contributed by atoms with Crippen molar-refractivity contribution in [1.82, 2.24) is 0 Å². The molecule has 0 fully saturated rings. The lowest BCUT2D eigenvalue weighted by Crippen LogP contribution is -2.10. The Labute approximate surface area is 141 Å². The lowest BCUT2D eigenvalue weighted by Gasteiger charge is -2.07. The smallest absolute Gasteiger partial charge is 0.338 e. The van der Waals surface area contributed by atoms with Crippen molar-refractivity contribution in [1.29, 1.82) is 0 Å². The summed E-state index contributed by atoms with van der Waals surface area (Å²) in [5, 5.41) is 0. The van der Waals surface area contributed by atoms with Crippen molar-refractivity contribution in [2.24, 2.45) is 0 Å². The summed E-state index contributed by atoms with van der Waals surface area (Å²) in [6.07, 6.45) is 2.68. The molecular formula is C18H22O6. The van der Waals surface area contributed by atoms with Crippen molar-refractivity contribution >= 4 is 17.9 Å². The molecule has 0 aliphatic rings. The maximum absolute atomic E-state index is 11.9. The number of hydrogen-bond acceptors (Lipinski definition) is 6. The molecule has 0 radical (unpaired) electrons. The maximum Gasteiger partial charge on any atom is 0.338 e. The van der Waals surface area contributed by atoms with Crippen molar-refractivity contribution in [3.05, 3.63) is 36.4 Å². The highest BCUT2D eigenvalue weighted by molar-refractivity contribution is 5.89. The summed E-state index contributed by atoms with van der Waals surface area (Å²) >= 11 is 0. The SMILES string of the molecule is C=C(CCCCCC(=O)OC(C)=O)C(=O)Oc1ccc(OC)cc1. The Morgan fingerprint density at radius 1 is 0.958 bits per heavy atom. The van der Waals surface area contributed by atoms with Gasteiger partial charge in [0.2, 0.25) is 0 Å². The second-order valence-corrected chi connectivity index (χ2v) is 5.19. The summed E-state index contributed by atoms with van der Waals surface area (Å²) in [4.78, 5) is 33.6. The summed E-state index contributed by atoms with van der Waals surface area (Å²) in [6, 6.07) is 6.69. The molecule has 6 heteroatoms. The van der Waals surface area contributed by atoms with Gasteiger partial charge in [-0.05, 0) is 43.5 Å². The molecule has 0 amide bonds. The third kappa shape index (κ3) is 7.58. The van der Waals surface area contributed by atoms with E-state index in [9.17, 15) is 14.4 Å². The molecule has 0 saturated heterocycles. The van der Waals surface area contributed by atoms with Gasteiger partial charge in [-0.3, -0.25) is 9.59 Å². The minimum atomic E-state index is -0.602. The van der Waals surface area contributed by atoms with Gasteiger partial charge in [0.25, 0.3) is 0 Å². The van der Waals surface area contributed by atoms with Gasteiger partial charge >= 0.3 is 17.9 Å². The zero-order chi connectivity index (χ0) is 17.9.